The fourth-order valence-electron chi connectivity index (χ4n) is 1.95. The molecule has 2 aromatic rings. The summed E-state index contributed by atoms with van der Waals surface area (Å²) in [7, 11) is -2.40. The molecule has 2 aromatic carbocycles. The minimum Gasteiger partial charge on any atom is -0.507 e. The highest BCUT2D eigenvalue weighted by atomic mass is 35.5. The molecule has 0 atom stereocenters. The molecule has 0 unspecified atom stereocenters. The van der Waals surface area contributed by atoms with Crippen LogP contribution < -0.4 is 0 Å². The van der Waals surface area contributed by atoms with Gasteiger partial charge in [-0.2, -0.15) is 0 Å². The molecular weight excluding hydrogens is 291 g/mol. The Morgan fingerprint density at radius 1 is 1.15 bits per heavy atom. The number of halogens is 1. The number of benzene rings is 2. The standard InChI is InChI=1S/C16H16ClO2P/c1-20(2,19)11-15(12-6-4-3-5-7-12)14-10-13(17)8-9-16(14)18/h3-11,18H,1-2H3/b15-11-. The molecule has 0 aromatic heterocycles. The van der Waals surface area contributed by atoms with Crippen LogP contribution in [0.25, 0.3) is 5.57 Å². The van der Waals surface area contributed by atoms with Crippen molar-refractivity contribution in [1.29, 1.82) is 0 Å². The van der Waals surface area contributed by atoms with E-state index < -0.39 is 7.14 Å². The van der Waals surface area contributed by atoms with Crippen molar-refractivity contribution in [2.45, 2.75) is 0 Å². The third kappa shape index (κ3) is 3.75. The molecule has 0 fully saturated rings. The summed E-state index contributed by atoms with van der Waals surface area (Å²) in [4.78, 5) is 0. The molecule has 0 radical (unpaired) electrons. The predicted octanol–water partition coefficient (Wildman–Crippen LogP) is 5.06. The van der Waals surface area contributed by atoms with E-state index >= 15 is 0 Å². The van der Waals surface area contributed by atoms with E-state index in [9.17, 15) is 9.67 Å². The number of phenols is 1. The molecule has 4 heteroatoms. The van der Waals surface area contributed by atoms with Crippen LogP contribution in [0.1, 0.15) is 11.1 Å². The van der Waals surface area contributed by atoms with Gasteiger partial charge in [-0.1, -0.05) is 41.9 Å². The van der Waals surface area contributed by atoms with Gasteiger partial charge in [-0.3, -0.25) is 0 Å². The van der Waals surface area contributed by atoms with Crippen molar-refractivity contribution in [2.24, 2.45) is 0 Å². The quantitative estimate of drug-likeness (QED) is 0.805. The normalized spacial score (nSPS) is 12.4. The first-order chi connectivity index (χ1) is 9.37. The molecule has 0 saturated carbocycles. The van der Waals surface area contributed by atoms with Crippen LogP contribution in [0, 0.1) is 0 Å². The van der Waals surface area contributed by atoms with Gasteiger partial charge in [-0.15, -0.1) is 0 Å². The van der Waals surface area contributed by atoms with E-state index in [0.717, 1.165) is 11.1 Å². The fourth-order valence-corrected chi connectivity index (χ4v) is 3.03. The van der Waals surface area contributed by atoms with Crippen molar-refractivity contribution in [2.75, 3.05) is 13.3 Å². The van der Waals surface area contributed by atoms with Crippen LogP contribution in [0.3, 0.4) is 0 Å². The van der Waals surface area contributed by atoms with E-state index in [1.807, 2.05) is 30.3 Å². The van der Waals surface area contributed by atoms with Crippen molar-refractivity contribution in [1.82, 2.24) is 0 Å². The Kier molecular flexibility index (Phi) is 4.37. The molecule has 0 amide bonds. The summed E-state index contributed by atoms with van der Waals surface area (Å²) in [6, 6.07) is 14.4. The zero-order chi connectivity index (χ0) is 14.8. The molecule has 0 bridgehead atoms. The van der Waals surface area contributed by atoms with Crippen molar-refractivity contribution >= 4 is 24.3 Å². The second kappa shape index (κ2) is 5.87. The smallest absolute Gasteiger partial charge is 0.123 e. The summed E-state index contributed by atoms with van der Waals surface area (Å²) in [5.74, 6) is 1.84. The predicted molar refractivity (Wildman–Crippen MR) is 86.1 cm³/mol. The molecule has 1 N–H and O–H groups in total. The van der Waals surface area contributed by atoms with Crippen molar-refractivity contribution in [3.05, 3.63) is 70.5 Å². The highest BCUT2D eigenvalue weighted by molar-refractivity contribution is 7.65. The van der Waals surface area contributed by atoms with Crippen LogP contribution >= 0.6 is 18.7 Å². The van der Waals surface area contributed by atoms with Gasteiger partial charge in [0.25, 0.3) is 0 Å². The summed E-state index contributed by atoms with van der Waals surface area (Å²) in [5.41, 5.74) is 2.22. The molecule has 0 aliphatic carbocycles. The third-order valence-corrected chi connectivity index (χ3v) is 3.89. The first-order valence-corrected chi connectivity index (χ1v) is 9.23. The average molecular weight is 307 g/mol. The minimum atomic E-state index is -2.40. The summed E-state index contributed by atoms with van der Waals surface area (Å²) >= 11 is 6.01. The monoisotopic (exact) mass is 306 g/mol. The van der Waals surface area contributed by atoms with E-state index in [4.69, 9.17) is 11.6 Å². The summed E-state index contributed by atoms with van der Waals surface area (Å²) in [6.45, 7) is 3.38. The Balaban J connectivity index is 2.68. The Bertz CT molecular complexity index is 687. The molecule has 0 aliphatic heterocycles. The Hall–Kier alpha value is -1.50. The van der Waals surface area contributed by atoms with Crippen LogP contribution in [0.15, 0.2) is 54.3 Å². The van der Waals surface area contributed by atoms with E-state index in [1.54, 1.807) is 37.3 Å². The summed E-state index contributed by atoms with van der Waals surface area (Å²) in [5, 5.41) is 10.6. The van der Waals surface area contributed by atoms with Crippen molar-refractivity contribution < 1.29 is 9.67 Å². The second-order valence-corrected chi connectivity index (χ2v) is 8.57. The first kappa shape index (κ1) is 14.9. The van der Waals surface area contributed by atoms with Gasteiger partial charge < -0.3 is 9.67 Å². The van der Waals surface area contributed by atoms with Gasteiger partial charge in [0.1, 0.15) is 12.9 Å². The molecule has 0 spiro atoms. The van der Waals surface area contributed by atoms with Gasteiger partial charge in [0.15, 0.2) is 0 Å². The van der Waals surface area contributed by atoms with E-state index in [1.165, 1.54) is 0 Å². The summed E-state index contributed by atoms with van der Waals surface area (Å²) < 4.78 is 12.2. The van der Waals surface area contributed by atoms with Crippen molar-refractivity contribution in [3.63, 3.8) is 0 Å². The molecule has 0 aliphatic rings. The number of hydrogen-bond acceptors (Lipinski definition) is 2. The molecule has 2 nitrogen and oxygen atoms in total. The van der Waals surface area contributed by atoms with E-state index in [2.05, 4.69) is 0 Å². The number of rotatable bonds is 3. The SMILES string of the molecule is CP(C)(=O)/C=C(/c1ccccc1)c1cc(Cl)ccc1O. The number of phenolic OH excluding ortho intramolecular Hbond substituents is 1. The molecule has 20 heavy (non-hydrogen) atoms. The van der Waals surface area contributed by atoms with Gasteiger partial charge in [0.05, 0.1) is 0 Å². The Morgan fingerprint density at radius 3 is 2.40 bits per heavy atom. The van der Waals surface area contributed by atoms with E-state index in [0.29, 0.717) is 10.6 Å². The largest absolute Gasteiger partial charge is 0.507 e. The van der Waals surface area contributed by atoms with Gasteiger partial charge in [-0.25, -0.2) is 0 Å². The lowest BCUT2D eigenvalue weighted by Gasteiger charge is -2.12. The second-order valence-electron chi connectivity index (χ2n) is 5.00. The molecule has 0 saturated heterocycles. The first-order valence-electron chi connectivity index (χ1n) is 6.19. The topological polar surface area (TPSA) is 37.3 Å². The number of hydrogen-bond donors (Lipinski definition) is 1. The van der Waals surface area contributed by atoms with Crippen LogP contribution in [0.2, 0.25) is 5.02 Å². The van der Waals surface area contributed by atoms with E-state index in [-0.39, 0.29) is 5.75 Å². The highest BCUT2D eigenvalue weighted by Crippen LogP contribution is 2.44. The fraction of sp³-hybridized carbons (Fsp3) is 0.125. The average Bonchev–Trinajstić information content (AvgIpc) is 2.39. The lowest BCUT2D eigenvalue weighted by Crippen LogP contribution is -1.89. The maximum atomic E-state index is 12.2. The van der Waals surface area contributed by atoms with Crippen LogP contribution in [-0.2, 0) is 4.57 Å². The van der Waals surface area contributed by atoms with Gasteiger partial charge in [0, 0.05) is 10.6 Å². The number of aromatic hydroxyl groups is 1. The lowest BCUT2D eigenvalue weighted by atomic mass is 9.99. The third-order valence-electron chi connectivity index (χ3n) is 2.77. The molecule has 2 rings (SSSR count). The van der Waals surface area contributed by atoms with Crippen molar-refractivity contribution in [3.8, 4) is 5.75 Å². The molecule has 0 heterocycles. The van der Waals surface area contributed by atoms with Crippen LogP contribution in [0.5, 0.6) is 5.75 Å². The lowest BCUT2D eigenvalue weighted by molar-refractivity contribution is 0.473. The van der Waals surface area contributed by atoms with Gasteiger partial charge in [-0.05, 0) is 48.5 Å². The zero-order valence-electron chi connectivity index (χ0n) is 11.4. The zero-order valence-corrected chi connectivity index (χ0v) is 13.0. The van der Waals surface area contributed by atoms with Crippen LogP contribution in [0.4, 0.5) is 0 Å². The van der Waals surface area contributed by atoms with Crippen LogP contribution in [-0.4, -0.2) is 18.4 Å². The summed E-state index contributed by atoms with van der Waals surface area (Å²) in [6.07, 6.45) is 0. The highest BCUT2D eigenvalue weighted by Gasteiger charge is 2.14. The Morgan fingerprint density at radius 2 is 1.80 bits per heavy atom. The van der Waals surface area contributed by atoms with Gasteiger partial charge in [0.2, 0.25) is 0 Å². The maximum Gasteiger partial charge on any atom is 0.123 e. The molecular formula is C16H16ClO2P. The van der Waals surface area contributed by atoms with Gasteiger partial charge >= 0.3 is 0 Å². The Labute approximate surface area is 124 Å². The minimum absolute atomic E-state index is 0.123. The maximum absolute atomic E-state index is 12.2. The molecule has 104 valence electrons.